The van der Waals surface area contributed by atoms with Crippen LogP contribution in [0.15, 0.2) is 212 Å². The van der Waals surface area contributed by atoms with Gasteiger partial charge in [0, 0.05) is 11.0 Å². The third-order valence-electron chi connectivity index (χ3n) is 13.1. The Kier molecular flexibility index (Phi) is 8.45. The van der Waals surface area contributed by atoms with Gasteiger partial charge in [-0.05, 0) is 142 Å². The largest absolute Gasteiger partial charge is 0.236 e. The number of hydrogen-bond donors (Lipinski definition) is 0. The van der Waals surface area contributed by atoms with Gasteiger partial charge in [0.2, 0.25) is 0 Å². The summed E-state index contributed by atoms with van der Waals surface area (Å²) in [6, 6.07) is 78.4. The second-order valence-electron chi connectivity index (χ2n) is 17.1. The van der Waals surface area contributed by atoms with Gasteiger partial charge in [0.25, 0.3) is 0 Å². The maximum atomic E-state index is 4.96. The van der Waals surface area contributed by atoms with Crippen LogP contribution in [0, 0.1) is 0 Å². The zero-order chi connectivity index (χ0) is 41.4. The molecular formula is C60H41NS. The summed E-state index contributed by atoms with van der Waals surface area (Å²) >= 11 is 1.75. The van der Waals surface area contributed by atoms with E-state index >= 15 is 0 Å². The highest BCUT2D eigenvalue weighted by atomic mass is 32.1. The summed E-state index contributed by atoms with van der Waals surface area (Å²) < 4.78 is 1.21. The molecule has 0 aliphatic heterocycles. The number of rotatable bonds is 6. The van der Waals surface area contributed by atoms with E-state index in [0.717, 1.165) is 16.1 Å². The standard InChI is InChI=1S/C60H41NS/c1-60(2)53-24-10-9-23-47(53)49-36-51-52(37-54(49)60)58(46-22-14-20-43(34-46)39-17-7-4-8-18-39)50-35-44(40-27-29-41(30-28-40)59-61-55-25-11-12-26-56(55)62-59)31-32-48(50)57(51)45-21-13-19-42(33-45)38-15-5-3-6-16-38/h3-37H,1-2H3. The van der Waals surface area contributed by atoms with E-state index in [-0.39, 0.29) is 5.41 Å². The van der Waals surface area contributed by atoms with Crippen LogP contribution in [0.25, 0.3) is 109 Å². The number of hydrogen-bond acceptors (Lipinski definition) is 2. The minimum absolute atomic E-state index is 0.154. The lowest BCUT2D eigenvalue weighted by atomic mass is 9.79. The summed E-state index contributed by atoms with van der Waals surface area (Å²) in [5.74, 6) is 0. The van der Waals surface area contributed by atoms with Crippen LogP contribution in [0.4, 0.5) is 0 Å². The molecule has 0 amide bonds. The first-order valence-corrected chi connectivity index (χ1v) is 22.3. The molecule has 0 atom stereocenters. The lowest BCUT2D eigenvalue weighted by Crippen LogP contribution is -2.14. The first-order chi connectivity index (χ1) is 30.5. The van der Waals surface area contributed by atoms with Gasteiger partial charge in [-0.25, -0.2) is 4.98 Å². The maximum Gasteiger partial charge on any atom is 0.124 e. The lowest BCUT2D eigenvalue weighted by Gasteiger charge is -2.24. The van der Waals surface area contributed by atoms with Gasteiger partial charge in [0.15, 0.2) is 0 Å². The van der Waals surface area contributed by atoms with Crippen LogP contribution in [0.1, 0.15) is 25.0 Å². The molecule has 1 aromatic heterocycles. The van der Waals surface area contributed by atoms with Crippen LogP contribution in [0.5, 0.6) is 0 Å². The predicted octanol–water partition coefficient (Wildman–Crippen LogP) is 16.9. The molecule has 292 valence electrons. The van der Waals surface area contributed by atoms with Crippen molar-refractivity contribution in [2.24, 2.45) is 0 Å². The highest BCUT2D eigenvalue weighted by Crippen LogP contribution is 2.54. The molecule has 12 rings (SSSR count). The summed E-state index contributed by atoms with van der Waals surface area (Å²) in [5.41, 5.74) is 19.6. The summed E-state index contributed by atoms with van der Waals surface area (Å²) in [6.07, 6.45) is 0. The van der Waals surface area contributed by atoms with E-state index in [1.807, 2.05) is 0 Å². The van der Waals surface area contributed by atoms with Gasteiger partial charge in [-0.1, -0.05) is 184 Å². The van der Waals surface area contributed by atoms with Gasteiger partial charge in [0.1, 0.15) is 5.01 Å². The van der Waals surface area contributed by atoms with Crippen LogP contribution in [-0.4, -0.2) is 4.98 Å². The van der Waals surface area contributed by atoms with E-state index in [2.05, 4.69) is 226 Å². The number of fused-ring (bicyclic) bond motifs is 6. The number of aromatic nitrogens is 1. The van der Waals surface area contributed by atoms with Gasteiger partial charge in [-0.3, -0.25) is 0 Å². The Morgan fingerprint density at radius 2 is 0.839 bits per heavy atom. The minimum Gasteiger partial charge on any atom is -0.236 e. The second-order valence-corrected chi connectivity index (χ2v) is 18.1. The summed E-state index contributed by atoms with van der Waals surface area (Å²) in [5, 5.41) is 6.06. The zero-order valence-electron chi connectivity index (χ0n) is 34.6. The van der Waals surface area contributed by atoms with E-state index in [1.165, 1.54) is 104 Å². The van der Waals surface area contributed by atoms with Crippen LogP contribution in [0.2, 0.25) is 0 Å². The quantitative estimate of drug-likeness (QED) is 0.153. The SMILES string of the molecule is CC1(C)c2ccccc2-c2cc3c(-c4cccc(-c5ccccc5)c4)c4ccc(-c5ccc(-c6nc7ccccc7s6)cc5)cc4c(-c4cccc(-c5ccccc5)c4)c3cc21. The molecule has 0 radical (unpaired) electrons. The number of thiazole rings is 1. The molecule has 0 N–H and O–H groups in total. The molecule has 10 aromatic carbocycles. The fourth-order valence-corrected chi connectivity index (χ4v) is 11.0. The van der Waals surface area contributed by atoms with Gasteiger partial charge >= 0.3 is 0 Å². The van der Waals surface area contributed by atoms with Crippen molar-refractivity contribution in [1.82, 2.24) is 4.98 Å². The Morgan fingerprint density at radius 1 is 0.339 bits per heavy atom. The third kappa shape index (κ3) is 5.94. The van der Waals surface area contributed by atoms with Crippen molar-refractivity contribution in [2.45, 2.75) is 19.3 Å². The molecule has 0 saturated heterocycles. The molecule has 62 heavy (non-hydrogen) atoms. The fourth-order valence-electron chi connectivity index (χ4n) is 9.99. The Balaban J connectivity index is 1.15. The average molecular weight is 808 g/mol. The van der Waals surface area contributed by atoms with E-state index in [4.69, 9.17) is 4.98 Å². The predicted molar refractivity (Wildman–Crippen MR) is 265 cm³/mol. The molecule has 0 spiro atoms. The smallest absolute Gasteiger partial charge is 0.124 e. The molecule has 1 aliphatic carbocycles. The first kappa shape index (κ1) is 36.5. The van der Waals surface area contributed by atoms with E-state index < -0.39 is 0 Å². The fraction of sp³-hybridized carbons (Fsp3) is 0.0500. The summed E-state index contributed by atoms with van der Waals surface area (Å²) in [4.78, 5) is 4.96. The normalized spacial score (nSPS) is 12.8. The first-order valence-electron chi connectivity index (χ1n) is 21.4. The second kappa shape index (κ2) is 14.4. The van der Waals surface area contributed by atoms with Crippen LogP contribution in [-0.2, 0) is 5.41 Å². The van der Waals surface area contributed by atoms with E-state index in [0.29, 0.717) is 0 Å². The van der Waals surface area contributed by atoms with Crippen molar-refractivity contribution in [3.05, 3.63) is 223 Å². The Hall–Kier alpha value is -7.39. The topological polar surface area (TPSA) is 12.9 Å². The van der Waals surface area contributed by atoms with Crippen molar-refractivity contribution in [1.29, 1.82) is 0 Å². The Labute approximate surface area is 366 Å². The number of para-hydroxylation sites is 1. The molecule has 0 saturated carbocycles. The van der Waals surface area contributed by atoms with Crippen molar-refractivity contribution in [2.75, 3.05) is 0 Å². The number of nitrogens with zero attached hydrogens (tertiary/aromatic N) is 1. The summed E-state index contributed by atoms with van der Waals surface area (Å²) in [7, 11) is 0. The summed E-state index contributed by atoms with van der Waals surface area (Å²) in [6.45, 7) is 4.78. The van der Waals surface area contributed by atoms with Crippen molar-refractivity contribution >= 4 is 43.1 Å². The molecule has 1 heterocycles. The molecule has 0 fully saturated rings. The zero-order valence-corrected chi connectivity index (χ0v) is 35.4. The van der Waals surface area contributed by atoms with Crippen LogP contribution < -0.4 is 0 Å². The van der Waals surface area contributed by atoms with Gasteiger partial charge in [0.05, 0.1) is 10.2 Å². The molecule has 2 heteroatoms. The molecule has 0 bridgehead atoms. The van der Waals surface area contributed by atoms with Crippen molar-refractivity contribution < 1.29 is 0 Å². The molecular weight excluding hydrogens is 767 g/mol. The van der Waals surface area contributed by atoms with Gasteiger partial charge in [-0.2, -0.15) is 0 Å². The molecule has 0 unspecified atom stereocenters. The minimum atomic E-state index is -0.154. The van der Waals surface area contributed by atoms with E-state index in [9.17, 15) is 0 Å². The number of benzene rings is 10. The highest BCUT2D eigenvalue weighted by molar-refractivity contribution is 7.21. The monoisotopic (exact) mass is 807 g/mol. The van der Waals surface area contributed by atoms with Crippen molar-refractivity contribution in [3.63, 3.8) is 0 Å². The lowest BCUT2D eigenvalue weighted by molar-refractivity contribution is 0.661. The van der Waals surface area contributed by atoms with Crippen LogP contribution >= 0.6 is 11.3 Å². The maximum absolute atomic E-state index is 4.96. The molecule has 1 aliphatic rings. The highest BCUT2D eigenvalue weighted by Gasteiger charge is 2.36. The molecule has 1 nitrogen and oxygen atoms in total. The molecule has 11 aromatic rings. The average Bonchev–Trinajstić information content (AvgIpc) is 3.87. The van der Waals surface area contributed by atoms with Gasteiger partial charge < -0.3 is 0 Å². The van der Waals surface area contributed by atoms with E-state index in [1.54, 1.807) is 11.3 Å². The third-order valence-corrected chi connectivity index (χ3v) is 14.2. The van der Waals surface area contributed by atoms with Crippen LogP contribution in [0.3, 0.4) is 0 Å². The van der Waals surface area contributed by atoms with Crippen molar-refractivity contribution in [3.8, 4) is 77.3 Å². The Morgan fingerprint density at radius 3 is 1.53 bits per heavy atom. The Bertz CT molecular complexity index is 3490. The van der Waals surface area contributed by atoms with Gasteiger partial charge in [-0.15, -0.1) is 11.3 Å².